The van der Waals surface area contributed by atoms with E-state index in [1.165, 1.54) is 9.80 Å². The van der Waals surface area contributed by atoms with Gasteiger partial charge >= 0.3 is 0 Å². The standard InChI is InChI=1S/C84H66N2O4/c1-3-5-7-9-11-21-47-85-81(87)69-45-43-67-76-72(56-39-33-54(34-40-56)36-42-66-63-29-19-15-25-59(63)50-60-26-16-20-30-64(60)66)52-74-78-70(82(88)86(84(74)90)48-22-12-10-8-6-4-2)46-44-68(80(76)78)75-71(51-73(83(85)89)77(69)79(67)75)55-37-31-53(32-38-55)35-41-65-61-27-17-13-23-57(61)49-58-24-14-18-28-62(58)65/h13-20,23-34,37-40,43-46,49-52H,3-12,21-22,47-48H2,1-2H3. The van der Waals surface area contributed by atoms with Gasteiger partial charge in [0.1, 0.15) is 0 Å². The maximum absolute atomic E-state index is 15.4. The Morgan fingerprint density at radius 2 is 0.611 bits per heavy atom. The van der Waals surface area contributed by atoms with E-state index in [1.807, 2.05) is 60.7 Å². The van der Waals surface area contributed by atoms with Crippen molar-refractivity contribution >= 4 is 110 Å². The van der Waals surface area contributed by atoms with E-state index in [4.69, 9.17) is 0 Å². The summed E-state index contributed by atoms with van der Waals surface area (Å²) < 4.78 is 0. The van der Waals surface area contributed by atoms with E-state index in [2.05, 4.69) is 171 Å². The van der Waals surface area contributed by atoms with E-state index in [-0.39, 0.29) is 23.6 Å². The maximum Gasteiger partial charge on any atom is 0.261 e. The van der Waals surface area contributed by atoms with Crippen molar-refractivity contribution in [1.82, 2.24) is 9.80 Å². The second kappa shape index (κ2) is 23.6. The van der Waals surface area contributed by atoms with Gasteiger partial charge < -0.3 is 0 Å². The van der Waals surface area contributed by atoms with Crippen LogP contribution in [0, 0.1) is 23.7 Å². The molecule has 4 amide bonds. The van der Waals surface area contributed by atoms with Gasteiger partial charge in [-0.2, -0.15) is 0 Å². The van der Waals surface area contributed by atoms with Crippen LogP contribution in [0.4, 0.5) is 0 Å². The van der Waals surface area contributed by atoms with E-state index in [0.29, 0.717) is 46.1 Å². The molecular weight excluding hydrogens is 1100 g/mol. The summed E-state index contributed by atoms with van der Waals surface area (Å²) in [6.07, 6.45) is 12.3. The van der Waals surface area contributed by atoms with Crippen LogP contribution in [0.15, 0.2) is 194 Å². The van der Waals surface area contributed by atoms with Crippen molar-refractivity contribution in [3.05, 3.63) is 239 Å². The van der Waals surface area contributed by atoms with E-state index in [9.17, 15) is 0 Å². The van der Waals surface area contributed by atoms with Crippen molar-refractivity contribution < 1.29 is 19.2 Å². The van der Waals surface area contributed by atoms with E-state index in [0.717, 1.165) is 197 Å². The highest BCUT2D eigenvalue weighted by Crippen LogP contribution is 2.52. The first-order valence-corrected chi connectivity index (χ1v) is 32.3. The molecule has 436 valence electrons. The van der Waals surface area contributed by atoms with Crippen LogP contribution in [-0.4, -0.2) is 46.5 Å². The molecule has 0 unspecified atom stereocenters. The average Bonchev–Trinajstić information content (AvgIpc) is 0.681. The molecule has 2 heterocycles. The Morgan fingerprint density at radius 1 is 0.278 bits per heavy atom. The fourth-order valence-corrected chi connectivity index (χ4v) is 14.6. The number of benzene rings is 13. The number of carbonyl (C=O) groups is 4. The molecule has 0 radical (unpaired) electrons. The number of rotatable bonds is 16. The number of unbranched alkanes of at least 4 members (excludes halogenated alkanes) is 10. The molecule has 0 aliphatic carbocycles. The van der Waals surface area contributed by atoms with Crippen LogP contribution in [0.2, 0.25) is 0 Å². The van der Waals surface area contributed by atoms with Crippen molar-refractivity contribution in [2.75, 3.05) is 13.1 Å². The third-order valence-electron chi connectivity index (χ3n) is 19.1. The molecule has 0 atom stereocenters. The zero-order valence-corrected chi connectivity index (χ0v) is 50.9. The zero-order valence-electron chi connectivity index (χ0n) is 50.9. The van der Waals surface area contributed by atoms with Crippen molar-refractivity contribution in [1.29, 1.82) is 0 Å². The maximum atomic E-state index is 15.4. The summed E-state index contributed by atoms with van der Waals surface area (Å²) in [6, 6.07) is 66.3. The van der Waals surface area contributed by atoms with Gasteiger partial charge in [0.05, 0.1) is 0 Å². The molecule has 2 aliphatic heterocycles. The quantitative estimate of drug-likeness (QED) is 0.0318. The summed E-state index contributed by atoms with van der Waals surface area (Å²) in [5, 5.41) is 15.1. The number of imide groups is 2. The average molecular weight is 1170 g/mol. The highest BCUT2D eigenvalue weighted by atomic mass is 16.2. The minimum atomic E-state index is -0.304. The Balaban J connectivity index is 0.932. The molecular formula is C84H66N2O4. The Labute approximate surface area is 524 Å². The van der Waals surface area contributed by atoms with Gasteiger partial charge in [0.25, 0.3) is 23.6 Å². The SMILES string of the molecule is CCCCCCCCN1C(=O)c2ccc3c4c(-c5ccc(C#Cc6c7ccccc7cc7ccccc67)cc5)cc5c6c(ccc(c7c(-c8ccc(C#Cc9c%10ccccc%10cc%10ccccc9%10)cc8)cc(c2c37)C1=O)c64)C(=O)N(CCCCCCCC)C5=O. The van der Waals surface area contributed by atoms with Gasteiger partial charge in [-0.1, -0.05) is 235 Å². The topological polar surface area (TPSA) is 74.8 Å². The fourth-order valence-electron chi connectivity index (χ4n) is 14.6. The molecule has 0 bridgehead atoms. The lowest BCUT2D eigenvalue weighted by Gasteiger charge is -2.32. The van der Waals surface area contributed by atoms with Gasteiger partial charge in [-0.15, -0.1) is 0 Å². The van der Waals surface area contributed by atoms with E-state index >= 15 is 19.2 Å². The molecule has 0 N–H and O–H groups in total. The summed E-state index contributed by atoms with van der Waals surface area (Å²) in [5.41, 5.74) is 8.89. The van der Waals surface area contributed by atoms with E-state index < -0.39 is 0 Å². The van der Waals surface area contributed by atoms with Gasteiger partial charge in [-0.3, -0.25) is 29.0 Å². The molecule has 2 aliphatic rings. The third-order valence-corrected chi connectivity index (χ3v) is 19.1. The van der Waals surface area contributed by atoms with Gasteiger partial charge in [-0.25, -0.2) is 0 Å². The van der Waals surface area contributed by atoms with Gasteiger partial charge in [-0.05, 0) is 171 Å². The molecule has 15 rings (SSSR count). The monoisotopic (exact) mass is 1170 g/mol. The van der Waals surface area contributed by atoms with Crippen LogP contribution in [0.5, 0.6) is 0 Å². The summed E-state index contributed by atoms with van der Waals surface area (Å²) in [4.78, 5) is 63.7. The summed E-state index contributed by atoms with van der Waals surface area (Å²) in [5.74, 6) is 13.0. The van der Waals surface area contributed by atoms with Crippen LogP contribution in [0.3, 0.4) is 0 Å². The van der Waals surface area contributed by atoms with Crippen LogP contribution in [-0.2, 0) is 0 Å². The fraction of sp³-hybridized carbons (Fsp3) is 0.190. The van der Waals surface area contributed by atoms with Crippen LogP contribution in [0.1, 0.15) is 155 Å². The third kappa shape index (κ3) is 9.62. The predicted molar refractivity (Wildman–Crippen MR) is 371 cm³/mol. The van der Waals surface area contributed by atoms with E-state index in [1.54, 1.807) is 0 Å². The van der Waals surface area contributed by atoms with Crippen LogP contribution >= 0.6 is 0 Å². The second-order valence-electron chi connectivity index (χ2n) is 24.6. The molecule has 90 heavy (non-hydrogen) atoms. The number of hydrogen-bond donors (Lipinski definition) is 0. The normalized spacial score (nSPS) is 13.0. The predicted octanol–water partition coefficient (Wildman–Crippen LogP) is 20.4. The van der Waals surface area contributed by atoms with Crippen LogP contribution < -0.4 is 0 Å². The lowest BCUT2D eigenvalue weighted by molar-refractivity contribution is 0.0592. The Morgan fingerprint density at radius 3 is 0.978 bits per heavy atom. The lowest BCUT2D eigenvalue weighted by Crippen LogP contribution is -2.41. The van der Waals surface area contributed by atoms with Gasteiger partial charge in [0.2, 0.25) is 0 Å². The van der Waals surface area contributed by atoms with Crippen molar-refractivity contribution in [3.8, 4) is 45.9 Å². The largest absolute Gasteiger partial charge is 0.274 e. The first-order valence-electron chi connectivity index (χ1n) is 32.3. The Hall–Kier alpha value is -10.4. The number of hydrogen-bond acceptors (Lipinski definition) is 4. The molecule has 0 saturated heterocycles. The number of fused-ring (bicyclic) bond motifs is 6. The highest BCUT2D eigenvalue weighted by Gasteiger charge is 2.38. The minimum Gasteiger partial charge on any atom is -0.274 e. The summed E-state index contributed by atoms with van der Waals surface area (Å²) in [7, 11) is 0. The summed E-state index contributed by atoms with van der Waals surface area (Å²) >= 11 is 0. The molecule has 13 aromatic carbocycles. The highest BCUT2D eigenvalue weighted by molar-refractivity contribution is 6.44. The molecule has 0 aromatic heterocycles. The molecule has 13 aromatic rings. The Bertz CT molecular complexity index is 4820. The molecule has 6 nitrogen and oxygen atoms in total. The molecule has 0 fully saturated rings. The van der Waals surface area contributed by atoms with Crippen molar-refractivity contribution in [3.63, 3.8) is 0 Å². The van der Waals surface area contributed by atoms with Crippen molar-refractivity contribution in [2.24, 2.45) is 0 Å². The second-order valence-corrected chi connectivity index (χ2v) is 24.6. The first-order chi connectivity index (χ1) is 44.3. The molecule has 0 saturated carbocycles. The zero-order chi connectivity index (χ0) is 61.0. The van der Waals surface area contributed by atoms with Gasteiger partial charge in [0.15, 0.2) is 0 Å². The summed E-state index contributed by atoms with van der Waals surface area (Å²) in [6.45, 7) is 5.06. The van der Waals surface area contributed by atoms with Crippen LogP contribution in [0.25, 0.3) is 108 Å². The number of nitrogens with zero attached hydrogens (tertiary/aromatic N) is 2. The van der Waals surface area contributed by atoms with Gasteiger partial charge in [0, 0.05) is 68.4 Å². The Kier molecular flexibility index (Phi) is 14.7. The smallest absolute Gasteiger partial charge is 0.261 e. The minimum absolute atomic E-state index is 0.292. The number of carbonyl (C=O) groups excluding carboxylic acids is 4. The lowest BCUT2D eigenvalue weighted by atomic mass is 9.77. The molecule has 6 heteroatoms. The first kappa shape index (κ1) is 56.1. The van der Waals surface area contributed by atoms with Crippen molar-refractivity contribution in [2.45, 2.75) is 90.9 Å². The number of amides is 4. The molecule has 0 spiro atoms.